The number of halogens is 2. The lowest BCUT2D eigenvalue weighted by atomic mass is 10.2. The fraction of sp³-hybridized carbons (Fsp3) is 0. The molecule has 0 bridgehead atoms. The highest BCUT2D eigenvalue weighted by Crippen LogP contribution is 2.31. The van der Waals surface area contributed by atoms with E-state index >= 15 is 0 Å². The molecule has 0 unspecified atom stereocenters. The lowest BCUT2D eigenvalue weighted by Gasteiger charge is -2.06. The minimum atomic E-state index is -0.250. The zero-order valence-electron chi connectivity index (χ0n) is 13.5. The maximum atomic E-state index is 13.1. The van der Waals surface area contributed by atoms with Gasteiger partial charge in [-0.05, 0) is 72.8 Å². The van der Waals surface area contributed by atoms with E-state index in [0.29, 0.717) is 5.02 Å². The van der Waals surface area contributed by atoms with Crippen LogP contribution in [0.15, 0.2) is 78.2 Å². The Bertz CT molecular complexity index is 1010. The highest BCUT2D eigenvalue weighted by atomic mass is 35.5. The van der Waals surface area contributed by atoms with Gasteiger partial charge in [0.05, 0.1) is 5.69 Å². The van der Waals surface area contributed by atoms with E-state index in [2.05, 4.69) is 4.98 Å². The van der Waals surface area contributed by atoms with Crippen LogP contribution in [0.2, 0.25) is 5.02 Å². The van der Waals surface area contributed by atoms with Crippen LogP contribution >= 0.6 is 22.9 Å². The molecule has 1 heterocycles. The first-order valence-electron chi connectivity index (χ1n) is 7.93. The molecule has 0 aliphatic rings. The van der Waals surface area contributed by atoms with Crippen molar-refractivity contribution in [2.45, 2.75) is 0 Å². The third kappa shape index (κ3) is 3.77. The number of benzene rings is 3. The molecule has 0 aliphatic carbocycles. The fourth-order valence-electron chi connectivity index (χ4n) is 2.46. The molecule has 0 aliphatic heterocycles. The van der Waals surface area contributed by atoms with Crippen LogP contribution in [0.4, 0.5) is 4.39 Å². The zero-order chi connectivity index (χ0) is 17.9. The lowest BCUT2D eigenvalue weighted by molar-refractivity contribution is 0.483. The molecule has 0 saturated carbocycles. The van der Waals surface area contributed by atoms with Crippen LogP contribution in [0, 0.1) is 5.82 Å². The van der Waals surface area contributed by atoms with Gasteiger partial charge in [0.2, 0.25) is 0 Å². The predicted octanol–water partition coefficient (Wildman–Crippen LogP) is 7.06. The topological polar surface area (TPSA) is 22.1 Å². The molecule has 0 N–H and O–H groups in total. The van der Waals surface area contributed by atoms with Crippen LogP contribution in [0.3, 0.4) is 0 Å². The fourth-order valence-corrected chi connectivity index (χ4v) is 3.43. The Kier molecular flexibility index (Phi) is 4.69. The van der Waals surface area contributed by atoms with Gasteiger partial charge in [-0.2, -0.15) is 0 Å². The number of thiazole rings is 1. The molecule has 128 valence electrons. The molecule has 0 saturated heterocycles. The van der Waals surface area contributed by atoms with Crippen LogP contribution in [-0.4, -0.2) is 4.98 Å². The number of rotatable bonds is 4. The Morgan fingerprint density at radius 2 is 1.35 bits per heavy atom. The van der Waals surface area contributed by atoms with E-state index in [4.69, 9.17) is 16.3 Å². The normalized spacial score (nSPS) is 10.7. The minimum Gasteiger partial charge on any atom is -0.457 e. The summed E-state index contributed by atoms with van der Waals surface area (Å²) in [5.41, 5.74) is 2.75. The van der Waals surface area contributed by atoms with E-state index in [1.807, 2.05) is 41.8 Å². The molecular weight excluding hydrogens is 369 g/mol. The molecule has 26 heavy (non-hydrogen) atoms. The highest BCUT2D eigenvalue weighted by Gasteiger charge is 2.07. The number of ether oxygens (including phenoxy) is 1. The Labute approximate surface area is 159 Å². The average molecular weight is 382 g/mol. The first-order valence-corrected chi connectivity index (χ1v) is 9.18. The third-order valence-corrected chi connectivity index (χ3v) is 4.94. The van der Waals surface area contributed by atoms with Gasteiger partial charge in [-0.3, -0.25) is 0 Å². The summed E-state index contributed by atoms with van der Waals surface area (Å²) in [4.78, 5) is 4.64. The Hall–Kier alpha value is -2.69. The van der Waals surface area contributed by atoms with Gasteiger partial charge < -0.3 is 4.74 Å². The Morgan fingerprint density at radius 3 is 2.00 bits per heavy atom. The summed E-state index contributed by atoms with van der Waals surface area (Å²) in [6, 6.07) is 21.3. The Morgan fingerprint density at radius 1 is 0.769 bits per heavy atom. The van der Waals surface area contributed by atoms with Crippen LogP contribution in [0.1, 0.15) is 0 Å². The van der Waals surface area contributed by atoms with Gasteiger partial charge >= 0.3 is 0 Å². The van der Waals surface area contributed by atoms with Crippen molar-refractivity contribution in [2.24, 2.45) is 0 Å². The summed E-state index contributed by atoms with van der Waals surface area (Å²) < 4.78 is 18.8. The van der Waals surface area contributed by atoms with E-state index < -0.39 is 0 Å². The smallest absolute Gasteiger partial charge is 0.127 e. The van der Waals surface area contributed by atoms with Crippen LogP contribution < -0.4 is 4.74 Å². The second-order valence-electron chi connectivity index (χ2n) is 5.63. The van der Waals surface area contributed by atoms with Crippen molar-refractivity contribution in [1.82, 2.24) is 4.98 Å². The maximum absolute atomic E-state index is 13.1. The molecule has 0 radical (unpaired) electrons. The van der Waals surface area contributed by atoms with Crippen molar-refractivity contribution in [1.29, 1.82) is 0 Å². The molecule has 0 amide bonds. The summed E-state index contributed by atoms with van der Waals surface area (Å²) >= 11 is 7.43. The molecule has 2 nitrogen and oxygen atoms in total. The number of hydrogen-bond donors (Lipinski definition) is 0. The first kappa shape index (κ1) is 16.8. The third-order valence-electron chi connectivity index (χ3n) is 3.79. The first-order chi connectivity index (χ1) is 12.7. The van der Waals surface area contributed by atoms with Gasteiger partial charge in [-0.1, -0.05) is 11.6 Å². The predicted molar refractivity (Wildman–Crippen MR) is 104 cm³/mol. The summed E-state index contributed by atoms with van der Waals surface area (Å²) in [7, 11) is 0. The zero-order valence-corrected chi connectivity index (χ0v) is 15.1. The van der Waals surface area contributed by atoms with Crippen molar-refractivity contribution < 1.29 is 9.13 Å². The molecular formula is C21H13ClFNOS. The highest BCUT2D eigenvalue weighted by molar-refractivity contribution is 7.13. The molecule has 1 aromatic heterocycles. The van der Waals surface area contributed by atoms with E-state index in [0.717, 1.165) is 33.3 Å². The monoisotopic (exact) mass is 381 g/mol. The van der Waals surface area contributed by atoms with Crippen molar-refractivity contribution in [3.8, 4) is 33.3 Å². The number of hydrogen-bond acceptors (Lipinski definition) is 3. The van der Waals surface area contributed by atoms with Gasteiger partial charge in [0.1, 0.15) is 22.3 Å². The van der Waals surface area contributed by atoms with Gasteiger partial charge in [-0.15, -0.1) is 11.3 Å². The number of aromatic nitrogens is 1. The van der Waals surface area contributed by atoms with Crippen LogP contribution in [0.25, 0.3) is 21.8 Å². The van der Waals surface area contributed by atoms with Crippen LogP contribution in [0.5, 0.6) is 11.5 Å². The molecule has 0 spiro atoms. The summed E-state index contributed by atoms with van der Waals surface area (Å²) in [5.74, 6) is 1.22. The Balaban J connectivity index is 1.52. The maximum Gasteiger partial charge on any atom is 0.127 e. The van der Waals surface area contributed by atoms with Crippen molar-refractivity contribution in [2.75, 3.05) is 0 Å². The van der Waals surface area contributed by atoms with Crippen molar-refractivity contribution in [3.05, 3.63) is 89.0 Å². The summed E-state index contributed by atoms with van der Waals surface area (Å²) in [6.07, 6.45) is 0. The number of nitrogens with zero attached hydrogens (tertiary/aromatic N) is 1. The van der Waals surface area contributed by atoms with Crippen molar-refractivity contribution in [3.63, 3.8) is 0 Å². The van der Waals surface area contributed by atoms with Gasteiger partial charge in [-0.25, -0.2) is 9.37 Å². The standard InChI is InChI=1S/C21H13ClFNOS/c22-16-5-11-19(12-6-16)25-18-9-3-15(4-10-18)21-24-20(13-26-21)14-1-7-17(23)8-2-14/h1-13H. The molecule has 0 fully saturated rings. The van der Waals surface area contributed by atoms with Crippen LogP contribution in [-0.2, 0) is 0 Å². The second kappa shape index (κ2) is 7.28. The second-order valence-corrected chi connectivity index (χ2v) is 6.92. The molecule has 3 aromatic carbocycles. The van der Waals surface area contributed by atoms with Crippen molar-refractivity contribution >= 4 is 22.9 Å². The van der Waals surface area contributed by atoms with E-state index in [-0.39, 0.29) is 5.82 Å². The summed E-state index contributed by atoms with van der Waals surface area (Å²) in [5, 5.41) is 3.55. The van der Waals surface area contributed by atoms with E-state index in [9.17, 15) is 4.39 Å². The molecule has 4 rings (SSSR count). The molecule has 4 aromatic rings. The van der Waals surface area contributed by atoms with E-state index in [1.54, 1.807) is 35.6 Å². The van der Waals surface area contributed by atoms with E-state index in [1.165, 1.54) is 12.1 Å². The summed E-state index contributed by atoms with van der Waals surface area (Å²) in [6.45, 7) is 0. The largest absolute Gasteiger partial charge is 0.457 e. The minimum absolute atomic E-state index is 0.250. The molecule has 5 heteroatoms. The molecule has 0 atom stereocenters. The quantitative estimate of drug-likeness (QED) is 0.377. The van der Waals surface area contributed by atoms with Gasteiger partial charge in [0, 0.05) is 21.5 Å². The SMILES string of the molecule is Fc1ccc(-c2csc(-c3ccc(Oc4ccc(Cl)cc4)cc3)n2)cc1. The average Bonchev–Trinajstić information content (AvgIpc) is 3.15. The van der Waals surface area contributed by atoms with Gasteiger partial charge in [0.15, 0.2) is 0 Å². The lowest BCUT2D eigenvalue weighted by Crippen LogP contribution is -1.84. The van der Waals surface area contributed by atoms with Gasteiger partial charge in [0.25, 0.3) is 0 Å².